The average molecular weight is 376 g/mol. The quantitative estimate of drug-likeness (QED) is 0.711. The molecule has 1 fully saturated rings. The van der Waals surface area contributed by atoms with Crippen LogP contribution < -0.4 is 15.4 Å². The lowest BCUT2D eigenvalue weighted by Crippen LogP contribution is -2.46. The SMILES string of the molecule is COc1ccccc1C(=O)NCC(=O)O[C@@H](C)C(=O)N[C@@H]1CCCC[C@@H]1C. The number of carbonyl (C=O) groups excluding carboxylic acids is 3. The number of methoxy groups -OCH3 is 1. The zero-order chi connectivity index (χ0) is 19.8. The lowest BCUT2D eigenvalue weighted by Gasteiger charge is -2.30. The first-order valence-corrected chi connectivity index (χ1v) is 9.33. The van der Waals surface area contributed by atoms with Crippen LogP contribution in [0.4, 0.5) is 0 Å². The van der Waals surface area contributed by atoms with Crippen LogP contribution in [0, 0.1) is 5.92 Å². The molecule has 1 aromatic carbocycles. The summed E-state index contributed by atoms with van der Waals surface area (Å²) in [5.74, 6) is -0.586. The van der Waals surface area contributed by atoms with E-state index in [-0.39, 0.29) is 18.5 Å². The molecule has 1 saturated carbocycles. The summed E-state index contributed by atoms with van der Waals surface area (Å²) in [6.45, 7) is 3.32. The molecule has 0 saturated heterocycles. The van der Waals surface area contributed by atoms with E-state index in [0.29, 0.717) is 17.2 Å². The van der Waals surface area contributed by atoms with Crippen molar-refractivity contribution >= 4 is 17.8 Å². The highest BCUT2D eigenvalue weighted by Gasteiger charge is 2.26. The molecule has 2 rings (SSSR count). The first kappa shape index (κ1) is 20.7. The van der Waals surface area contributed by atoms with Crippen LogP contribution in [0.3, 0.4) is 0 Å². The Labute approximate surface area is 159 Å². The van der Waals surface area contributed by atoms with Gasteiger partial charge >= 0.3 is 5.97 Å². The largest absolute Gasteiger partial charge is 0.496 e. The number of nitrogens with one attached hydrogen (secondary N) is 2. The number of para-hydroxylation sites is 1. The molecule has 1 aliphatic rings. The van der Waals surface area contributed by atoms with Gasteiger partial charge in [-0.25, -0.2) is 0 Å². The third-order valence-corrected chi connectivity index (χ3v) is 4.86. The summed E-state index contributed by atoms with van der Waals surface area (Å²) in [7, 11) is 1.47. The Hall–Kier alpha value is -2.57. The van der Waals surface area contributed by atoms with Crippen LogP contribution in [0.15, 0.2) is 24.3 Å². The topological polar surface area (TPSA) is 93.7 Å². The first-order valence-electron chi connectivity index (χ1n) is 9.33. The molecule has 27 heavy (non-hydrogen) atoms. The van der Waals surface area contributed by atoms with Gasteiger partial charge in [0.1, 0.15) is 12.3 Å². The highest BCUT2D eigenvalue weighted by molar-refractivity contribution is 5.98. The maximum atomic E-state index is 12.2. The van der Waals surface area contributed by atoms with Crippen molar-refractivity contribution in [2.24, 2.45) is 5.92 Å². The first-order chi connectivity index (χ1) is 12.9. The highest BCUT2D eigenvalue weighted by Crippen LogP contribution is 2.23. The summed E-state index contributed by atoms with van der Waals surface area (Å²) in [4.78, 5) is 36.4. The van der Waals surface area contributed by atoms with Crippen LogP contribution in [0.25, 0.3) is 0 Å². The van der Waals surface area contributed by atoms with Crippen molar-refractivity contribution in [2.45, 2.75) is 51.7 Å². The Morgan fingerprint density at radius 2 is 1.89 bits per heavy atom. The van der Waals surface area contributed by atoms with Crippen molar-refractivity contribution in [1.82, 2.24) is 10.6 Å². The molecule has 0 aliphatic heterocycles. The number of benzene rings is 1. The van der Waals surface area contributed by atoms with E-state index >= 15 is 0 Å². The molecule has 0 unspecified atom stereocenters. The minimum Gasteiger partial charge on any atom is -0.496 e. The Morgan fingerprint density at radius 1 is 1.19 bits per heavy atom. The molecule has 148 valence electrons. The van der Waals surface area contributed by atoms with Crippen LogP contribution in [0.1, 0.15) is 49.9 Å². The fourth-order valence-corrected chi connectivity index (χ4v) is 3.20. The summed E-state index contributed by atoms with van der Waals surface area (Å²) in [5.41, 5.74) is 0.324. The summed E-state index contributed by atoms with van der Waals surface area (Å²) in [6, 6.07) is 6.83. The van der Waals surface area contributed by atoms with Crippen molar-refractivity contribution < 1.29 is 23.9 Å². The van der Waals surface area contributed by atoms with E-state index in [1.54, 1.807) is 24.3 Å². The van der Waals surface area contributed by atoms with E-state index in [9.17, 15) is 14.4 Å². The Morgan fingerprint density at radius 3 is 2.59 bits per heavy atom. The van der Waals surface area contributed by atoms with Crippen LogP contribution in [0.5, 0.6) is 5.75 Å². The van der Waals surface area contributed by atoms with Gasteiger partial charge in [0, 0.05) is 6.04 Å². The van der Waals surface area contributed by atoms with E-state index < -0.39 is 18.0 Å². The van der Waals surface area contributed by atoms with Crippen molar-refractivity contribution in [1.29, 1.82) is 0 Å². The lowest BCUT2D eigenvalue weighted by atomic mass is 9.86. The molecular weight excluding hydrogens is 348 g/mol. The lowest BCUT2D eigenvalue weighted by molar-refractivity contribution is -0.154. The molecule has 3 atom stereocenters. The molecule has 0 heterocycles. The maximum absolute atomic E-state index is 12.2. The van der Waals surface area contributed by atoms with E-state index in [4.69, 9.17) is 9.47 Å². The molecule has 2 N–H and O–H groups in total. The Balaban J connectivity index is 1.79. The van der Waals surface area contributed by atoms with Gasteiger partial charge in [-0.1, -0.05) is 31.9 Å². The summed E-state index contributed by atoms with van der Waals surface area (Å²) in [5, 5.41) is 5.44. The van der Waals surface area contributed by atoms with E-state index in [2.05, 4.69) is 17.6 Å². The molecule has 1 aliphatic carbocycles. The molecule has 0 spiro atoms. The van der Waals surface area contributed by atoms with Gasteiger partial charge in [-0.3, -0.25) is 14.4 Å². The number of ether oxygens (including phenoxy) is 2. The van der Waals surface area contributed by atoms with Crippen LogP contribution >= 0.6 is 0 Å². The Kier molecular flexibility index (Phi) is 7.64. The monoisotopic (exact) mass is 376 g/mol. The fourth-order valence-electron chi connectivity index (χ4n) is 3.20. The molecule has 0 bridgehead atoms. The molecule has 7 nitrogen and oxygen atoms in total. The zero-order valence-electron chi connectivity index (χ0n) is 16.1. The van der Waals surface area contributed by atoms with Gasteiger partial charge in [-0.2, -0.15) is 0 Å². The molecule has 2 amide bonds. The molecule has 0 aromatic heterocycles. The van der Waals surface area contributed by atoms with E-state index in [0.717, 1.165) is 19.3 Å². The normalized spacial score (nSPS) is 20.3. The predicted octanol–water partition coefficient (Wildman–Crippen LogP) is 2.05. The number of carbonyl (C=O) groups is 3. The molecule has 7 heteroatoms. The third kappa shape index (κ3) is 5.98. The average Bonchev–Trinajstić information content (AvgIpc) is 2.67. The van der Waals surface area contributed by atoms with Gasteiger partial charge in [-0.15, -0.1) is 0 Å². The number of hydrogen-bond donors (Lipinski definition) is 2. The van der Waals surface area contributed by atoms with Crippen molar-refractivity contribution in [2.75, 3.05) is 13.7 Å². The van der Waals surface area contributed by atoms with Gasteiger partial charge in [0.25, 0.3) is 11.8 Å². The minimum absolute atomic E-state index is 0.123. The number of esters is 1. The van der Waals surface area contributed by atoms with Gasteiger partial charge in [0.05, 0.1) is 12.7 Å². The summed E-state index contributed by atoms with van der Waals surface area (Å²) in [6.07, 6.45) is 3.41. The molecular formula is C20H28N2O5. The van der Waals surface area contributed by atoms with Crippen LogP contribution in [-0.4, -0.2) is 43.6 Å². The maximum Gasteiger partial charge on any atom is 0.326 e. The van der Waals surface area contributed by atoms with Gasteiger partial charge < -0.3 is 20.1 Å². The number of rotatable bonds is 7. The van der Waals surface area contributed by atoms with Crippen molar-refractivity contribution in [3.8, 4) is 5.75 Å². The van der Waals surface area contributed by atoms with Crippen molar-refractivity contribution in [3.63, 3.8) is 0 Å². The number of amides is 2. The predicted molar refractivity (Wildman–Crippen MR) is 100 cm³/mol. The molecule has 0 radical (unpaired) electrons. The second-order valence-corrected chi connectivity index (χ2v) is 6.89. The summed E-state index contributed by atoms with van der Waals surface area (Å²) >= 11 is 0. The Bertz CT molecular complexity index is 676. The highest BCUT2D eigenvalue weighted by atomic mass is 16.5. The number of hydrogen-bond acceptors (Lipinski definition) is 5. The second-order valence-electron chi connectivity index (χ2n) is 6.89. The van der Waals surface area contributed by atoms with Gasteiger partial charge in [-0.05, 0) is 37.8 Å². The molecule has 1 aromatic rings. The fraction of sp³-hybridized carbons (Fsp3) is 0.550. The minimum atomic E-state index is -0.908. The van der Waals surface area contributed by atoms with Gasteiger partial charge in [0.15, 0.2) is 6.10 Å². The second kappa shape index (κ2) is 9.94. The zero-order valence-corrected chi connectivity index (χ0v) is 16.1. The van der Waals surface area contributed by atoms with Crippen LogP contribution in [-0.2, 0) is 14.3 Å². The van der Waals surface area contributed by atoms with Crippen molar-refractivity contribution in [3.05, 3.63) is 29.8 Å². The smallest absolute Gasteiger partial charge is 0.326 e. The third-order valence-electron chi connectivity index (χ3n) is 4.86. The van der Waals surface area contributed by atoms with Gasteiger partial charge in [0.2, 0.25) is 0 Å². The van der Waals surface area contributed by atoms with E-state index in [1.807, 2.05) is 0 Å². The standard InChI is InChI=1S/C20H28N2O5/c1-13-8-4-6-10-16(13)22-19(24)14(2)27-18(23)12-21-20(25)15-9-5-7-11-17(15)26-3/h5,7,9,11,13-14,16H,4,6,8,10,12H2,1-3H3,(H,21,25)(H,22,24)/t13-,14-,16+/m0/s1. The van der Waals surface area contributed by atoms with Crippen LogP contribution in [0.2, 0.25) is 0 Å². The summed E-state index contributed by atoms with van der Waals surface area (Å²) < 4.78 is 10.3. The van der Waals surface area contributed by atoms with E-state index in [1.165, 1.54) is 20.5 Å².